The van der Waals surface area contributed by atoms with Crippen LogP contribution in [0.15, 0.2) is 42.5 Å². The number of nitrogens with one attached hydrogen (secondary N) is 3. The van der Waals surface area contributed by atoms with E-state index in [1.807, 2.05) is 30.0 Å². The predicted octanol–water partition coefficient (Wildman–Crippen LogP) is 4.27. The molecule has 32 heavy (non-hydrogen) atoms. The first-order chi connectivity index (χ1) is 15.4. The van der Waals surface area contributed by atoms with Gasteiger partial charge in [-0.1, -0.05) is 19.9 Å². The van der Waals surface area contributed by atoms with E-state index in [1.165, 1.54) is 0 Å². The SMILES string of the molecule is CCC(=O)Nc1cccc(NC(=O)CNc2ccc(C(=O)N3CCC(C)CC3)cc2)c1C. The van der Waals surface area contributed by atoms with Crippen molar-refractivity contribution < 1.29 is 14.4 Å². The zero-order chi connectivity index (χ0) is 23.1. The summed E-state index contributed by atoms with van der Waals surface area (Å²) in [6, 6.07) is 12.6. The minimum absolute atomic E-state index is 0.0618. The fraction of sp³-hybridized carbons (Fsp3) is 0.400. The van der Waals surface area contributed by atoms with Gasteiger partial charge in [0.05, 0.1) is 6.54 Å². The Kier molecular flexibility index (Phi) is 7.87. The van der Waals surface area contributed by atoms with E-state index in [2.05, 4.69) is 22.9 Å². The highest BCUT2D eigenvalue weighted by Crippen LogP contribution is 2.23. The van der Waals surface area contributed by atoms with Crippen LogP contribution in [0.25, 0.3) is 0 Å². The molecule has 0 atom stereocenters. The number of nitrogens with zero attached hydrogens (tertiary/aromatic N) is 1. The Balaban J connectivity index is 1.52. The van der Waals surface area contributed by atoms with Crippen molar-refractivity contribution in [2.45, 2.75) is 40.0 Å². The number of hydrogen-bond donors (Lipinski definition) is 3. The number of amides is 3. The van der Waals surface area contributed by atoms with Crippen molar-refractivity contribution >= 4 is 34.8 Å². The van der Waals surface area contributed by atoms with E-state index < -0.39 is 0 Å². The Morgan fingerprint density at radius 1 is 0.938 bits per heavy atom. The Morgan fingerprint density at radius 2 is 1.53 bits per heavy atom. The molecule has 0 aliphatic carbocycles. The molecule has 1 aliphatic heterocycles. The van der Waals surface area contributed by atoms with E-state index >= 15 is 0 Å². The lowest BCUT2D eigenvalue weighted by Crippen LogP contribution is -2.37. The van der Waals surface area contributed by atoms with Crippen LogP contribution < -0.4 is 16.0 Å². The predicted molar refractivity (Wildman–Crippen MR) is 128 cm³/mol. The zero-order valence-electron chi connectivity index (χ0n) is 19.0. The lowest BCUT2D eigenvalue weighted by molar-refractivity contribution is -0.116. The molecule has 0 aromatic heterocycles. The van der Waals surface area contributed by atoms with Crippen molar-refractivity contribution in [1.82, 2.24) is 4.90 Å². The molecular weight excluding hydrogens is 404 g/mol. The van der Waals surface area contributed by atoms with Gasteiger partial charge < -0.3 is 20.9 Å². The minimum atomic E-state index is -0.199. The summed E-state index contributed by atoms with van der Waals surface area (Å²) >= 11 is 0. The normalized spacial score (nSPS) is 14.0. The molecule has 170 valence electrons. The molecule has 0 radical (unpaired) electrons. The van der Waals surface area contributed by atoms with Crippen LogP contribution in [0.2, 0.25) is 0 Å². The number of carbonyl (C=O) groups excluding carboxylic acids is 3. The van der Waals surface area contributed by atoms with Gasteiger partial charge in [0.25, 0.3) is 5.91 Å². The second-order valence-electron chi connectivity index (χ2n) is 8.33. The van der Waals surface area contributed by atoms with E-state index in [1.54, 1.807) is 31.2 Å². The summed E-state index contributed by atoms with van der Waals surface area (Å²) in [4.78, 5) is 38.6. The molecule has 7 nitrogen and oxygen atoms in total. The van der Waals surface area contributed by atoms with Crippen molar-refractivity contribution in [3.8, 4) is 0 Å². The molecule has 1 heterocycles. The van der Waals surface area contributed by atoms with Crippen molar-refractivity contribution in [3.63, 3.8) is 0 Å². The van der Waals surface area contributed by atoms with E-state index in [9.17, 15) is 14.4 Å². The van der Waals surface area contributed by atoms with E-state index in [-0.39, 0.29) is 24.3 Å². The summed E-state index contributed by atoms with van der Waals surface area (Å²) in [5, 5.41) is 8.79. The maximum atomic E-state index is 12.6. The van der Waals surface area contributed by atoms with Crippen LogP contribution >= 0.6 is 0 Å². The molecule has 1 aliphatic rings. The average Bonchev–Trinajstić information content (AvgIpc) is 2.80. The van der Waals surface area contributed by atoms with Gasteiger partial charge in [-0.15, -0.1) is 0 Å². The molecule has 3 rings (SSSR count). The first-order valence-corrected chi connectivity index (χ1v) is 11.2. The third kappa shape index (κ3) is 6.09. The van der Waals surface area contributed by atoms with Crippen LogP contribution in [0.4, 0.5) is 17.1 Å². The molecule has 0 bridgehead atoms. The quantitative estimate of drug-likeness (QED) is 0.605. The minimum Gasteiger partial charge on any atom is -0.376 e. The Bertz CT molecular complexity index is 964. The molecule has 3 N–H and O–H groups in total. The van der Waals surface area contributed by atoms with Gasteiger partial charge in [-0.25, -0.2) is 0 Å². The van der Waals surface area contributed by atoms with Crippen LogP contribution in [-0.2, 0) is 9.59 Å². The molecule has 0 spiro atoms. The largest absolute Gasteiger partial charge is 0.376 e. The van der Waals surface area contributed by atoms with Gasteiger partial charge >= 0.3 is 0 Å². The molecule has 0 unspecified atom stereocenters. The number of piperidine rings is 1. The van der Waals surface area contributed by atoms with Gasteiger partial charge in [0.2, 0.25) is 11.8 Å². The van der Waals surface area contributed by atoms with Crippen LogP contribution in [0.3, 0.4) is 0 Å². The Hall–Kier alpha value is -3.35. The molecule has 3 amide bonds. The molecule has 2 aromatic rings. The van der Waals surface area contributed by atoms with Gasteiger partial charge in [0.1, 0.15) is 0 Å². The number of rotatable bonds is 7. The van der Waals surface area contributed by atoms with Gasteiger partial charge in [0, 0.05) is 42.1 Å². The third-order valence-corrected chi connectivity index (χ3v) is 5.86. The fourth-order valence-electron chi connectivity index (χ4n) is 3.65. The molecular formula is C25H32N4O3. The highest BCUT2D eigenvalue weighted by atomic mass is 16.2. The van der Waals surface area contributed by atoms with Crippen molar-refractivity contribution in [1.29, 1.82) is 0 Å². The van der Waals surface area contributed by atoms with Crippen LogP contribution in [0.5, 0.6) is 0 Å². The van der Waals surface area contributed by atoms with E-state index in [0.717, 1.165) is 37.2 Å². The lowest BCUT2D eigenvalue weighted by atomic mass is 9.98. The highest BCUT2D eigenvalue weighted by molar-refractivity contribution is 5.97. The third-order valence-electron chi connectivity index (χ3n) is 5.86. The van der Waals surface area contributed by atoms with Crippen molar-refractivity contribution in [3.05, 3.63) is 53.6 Å². The van der Waals surface area contributed by atoms with Crippen molar-refractivity contribution in [2.75, 3.05) is 35.6 Å². The standard InChI is InChI=1S/C25H32N4O3/c1-4-23(30)27-21-6-5-7-22(18(21)3)28-24(31)16-26-20-10-8-19(9-11-20)25(32)29-14-12-17(2)13-15-29/h5-11,17,26H,4,12-16H2,1-3H3,(H,27,30)(H,28,31). The summed E-state index contributed by atoms with van der Waals surface area (Å²) in [5.74, 6) is 0.467. The van der Waals surface area contributed by atoms with Crippen LogP contribution in [0, 0.1) is 12.8 Å². The number of hydrogen-bond acceptors (Lipinski definition) is 4. The number of likely N-dealkylation sites (tertiary alicyclic amines) is 1. The number of anilines is 3. The maximum absolute atomic E-state index is 12.6. The summed E-state index contributed by atoms with van der Waals surface area (Å²) in [7, 11) is 0. The number of benzene rings is 2. The first-order valence-electron chi connectivity index (χ1n) is 11.2. The zero-order valence-corrected chi connectivity index (χ0v) is 19.0. The summed E-state index contributed by atoms with van der Waals surface area (Å²) in [6.07, 6.45) is 2.49. The lowest BCUT2D eigenvalue weighted by Gasteiger charge is -2.30. The second kappa shape index (κ2) is 10.8. The van der Waals surface area contributed by atoms with E-state index in [0.29, 0.717) is 29.3 Å². The molecule has 1 fully saturated rings. The van der Waals surface area contributed by atoms with Crippen molar-refractivity contribution in [2.24, 2.45) is 5.92 Å². The highest BCUT2D eigenvalue weighted by Gasteiger charge is 2.21. The van der Waals surface area contributed by atoms with E-state index in [4.69, 9.17) is 0 Å². The second-order valence-corrected chi connectivity index (χ2v) is 8.33. The maximum Gasteiger partial charge on any atom is 0.253 e. The van der Waals surface area contributed by atoms with Gasteiger partial charge in [-0.3, -0.25) is 14.4 Å². The molecule has 2 aromatic carbocycles. The molecule has 0 saturated carbocycles. The summed E-state index contributed by atoms with van der Waals surface area (Å²) in [6.45, 7) is 7.57. The first kappa shape index (κ1) is 23.3. The van der Waals surface area contributed by atoms with Gasteiger partial charge in [-0.05, 0) is 67.6 Å². The summed E-state index contributed by atoms with van der Waals surface area (Å²) < 4.78 is 0. The monoisotopic (exact) mass is 436 g/mol. The number of carbonyl (C=O) groups is 3. The van der Waals surface area contributed by atoms with Crippen LogP contribution in [0.1, 0.15) is 49.0 Å². The van der Waals surface area contributed by atoms with Gasteiger partial charge in [0.15, 0.2) is 0 Å². The smallest absolute Gasteiger partial charge is 0.253 e. The Labute approximate surface area is 189 Å². The fourth-order valence-corrected chi connectivity index (χ4v) is 3.65. The van der Waals surface area contributed by atoms with Crippen LogP contribution in [-0.4, -0.2) is 42.3 Å². The molecule has 7 heteroatoms. The summed E-state index contributed by atoms with van der Waals surface area (Å²) in [5.41, 5.74) is 3.58. The molecule has 1 saturated heterocycles. The Morgan fingerprint density at radius 3 is 2.12 bits per heavy atom. The topological polar surface area (TPSA) is 90.5 Å². The average molecular weight is 437 g/mol. The van der Waals surface area contributed by atoms with Gasteiger partial charge in [-0.2, -0.15) is 0 Å².